The molecule has 17 heavy (non-hydrogen) atoms. The van der Waals surface area contributed by atoms with Gasteiger partial charge in [0.15, 0.2) is 0 Å². The van der Waals surface area contributed by atoms with Crippen molar-refractivity contribution in [3.8, 4) is 0 Å². The minimum absolute atomic E-state index is 0.0262. The van der Waals surface area contributed by atoms with E-state index in [-0.39, 0.29) is 5.91 Å². The molecular weight excluding hydrogens is 282 g/mol. The molecule has 0 bridgehead atoms. The predicted octanol–water partition coefficient (Wildman–Crippen LogP) is 2.10. The number of carbonyl (C=O) groups is 1. The molecule has 1 fully saturated rings. The van der Waals surface area contributed by atoms with Crippen LogP contribution in [0, 0.1) is 5.92 Å². The number of hydrogen-bond acceptors (Lipinski definition) is 2. The molecule has 2 rings (SSSR count). The van der Waals surface area contributed by atoms with Crippen molar-refractivity contribution >= 4 is 21.8 Å². The summed E-state index contributed by atoms with van der Waals surface area (Å²) in [4.78, 5) is 16.4. The van der Waals surface area contributed by atoms with Crippen molar-refractivity contribution in [3.05, 3.63) is 18.2 Å². The molecular formula is C12H18BrN3O. The van der Waals surface area contributed by atoms with Crippen LogP contribution >= 0.6 is 15.9 Å². The van der Waals surface area contributed by atoms with Crippen LogP contribution < -0.4 is 5.32 Å². The topological polar surface area (TPSA) is 46.9 Å². The summed E-state index contributed by atoms with van der Waals surface area (Å²) in [6.45, 7) is 0.770. The molecule has 1 aromatic heterocycles. The molecule has 1 N–H and O–H groups in total. The van der Waals surface area contributed by atoms with Gasteiger partial charge in [-0.15, -0.1) is 0 Å². The van der Waals surface area contributed by atoms with Gasteiger partial charge in [0.1, 0.15) is 5.69 Å². The number of alkyl halides is 1. The van der Waals surface area contributed by atoms with E-state index in [4.69, 9.17) is 0 Å². The highest BCUT2D eigenvalue weighted by atomic mass is 79.9. The first kappa shape index (κ1) is 12.6. The van der Waals surface area contributed by atoms with Crippen LogP contribution in [0.5, 0.6) is 0 Å². The van der Waals surface area contributed by atoms with Crippen LogP contribution in [0.25, 0.3) is 0 Å². The highest BCUT2D eigenvalue weighted by molar-refractivity contribution is 9.09. The Morgan fingerprint density at radius 1 is 1.65 bits per heavy atom. The van der Waals surface area contributed by atoms with E-state index in [2.05, 4.69) is 26.2 Å². The van der Waals surface area contributed by atoms with Crippen molar-refractivity contribution < 1.29 is 4.79 Å². The molecule has 0 aromatic carbocycles. The van der Waals surface area contributed by atoms with E-state index in [9.17, 15) is 4.79 Å². The van der Waals surface area contributed by atoms with E-state index in [1.165, 1.54) is 19.3 Å². The minimum atomic E-state index is -0.0262. The molecule has 2 atom stereocenters. The largest absolute Gasteiger partial charge is 0.350 e. The van der Waals surface area contributed by atoms with Gasteiger partial charge in [-0.25, -0.2) is 4.98 Å². The fourth-order valence-corrected chi connectivity index (χ4v) is 3.17. The number of aryl methyl sites for hydroxylation is 1. The SMILES string of the molecule is Cn1cncc1C(=O)NCC1CCCC(Br)C1. The lowest BCUT2D eigenvalue weighted by atomic mass is 9.89. The van der Waals surface area contributed by atoms with Crippen LogP contribution in [0.2, 0.25) is 0 Å². The van der Waals surface area contributed by atoms with Crippen molar-refractivity contribution in [1.29, 1.82) is 0 Å². The van der Waals surface area contributed by atoms with Crippen molar-refractivity contribution in [2.24, 2.45) is 13.0 Å². The molecule has 1 aliphatic carbocycles. The van der Waals surface area contributed by atoms with E-state index < -0.39 is 0 Å². The molecule has 2 unspecified atom stereocenters. The van der Waals surface area contributed by atoms with Crippen molar-refractivity contribution in [2.45, 2.75) is 30.5 Å². The van der Waals surface area contributed by atoms with Crippen LogP contribution in [0.4, 0.5) is 0 Å². The summed E-state index contributed by atoms with van der Waals surface area (Å²) < 4.78 is 1.74. The molecule has 5 heteroatoms. The zero-order valence-corrected chi connectivity index (χ0v) is 11.6. The third-order valence-electron chi connectivity index (χ3n) is 3.32. The fraction of sp³-hybridized carbons (Fsp3) is 0.667. The van der Waals surface area contributed by atoms with Gasteiger partial charge in [0, 0.05) is 18.4 Å². The van der Waals surface area contributed by atoms with Gasteiger partial charge in [0.2, 0.25) is 0 Å². The standard InChI is InChI=1S/C12H18BrN3O/c1-16-8-14-7-11(16)12(17)15-6-9-3-2-4-10(13)5-9/h7-10H,2-6H2,1H3,(H,15,17). The number of hydrogen-bond donors (Lipinski definition) is 1. The van der Waals surface area contributed by atoms with Gasteiger partial charge in [0.25, 0.3) is 5.91 Å². The van der Waals surface area contributed by atoms with Crippen LogP contribution in [0.3, 0.4) is 0 Å². The maximum Gasteiger partial charge on any atom is 0.269 e. The zero-order chi connectivity index (χ0) is 12.3. The Balaban J connectivity index is 1.82. The van der Waals surface area contributed by atoms with Crippen LogP contribution in [0.15, 0.2) is 12.5 Å². The van der Waals surface area contributed by atoms with E-state index >= 15 is 0 Å². The average molecular weight is 300 g/mol. The molecule has 1 aromatic rings. The highest BCUT2D eigenvalue weighted by Gasteiger charge is 2.20. The van der Waals surface area contributed by atoms with Crippen LogP contribution in [-0.2, 0) is 7.05 Å². The number of amides is 1. The average Bonchev–Trinajstić information content (AvgIpc) is 2.72. The lowest BCUT2D eigenvalue weighted by Gasteiger charge is -2.25. The number of carbonyl (C=O) groups excluding carboxylic acids is 1. The first-order valence-corrected chi connectivity index (χ1v) is 6.97. The van der Waals surface area contributed by atoms with Gasteiger partial charge < -0.3 is 9.88 Å². The van der Waals surface area contributed by atoms with Gasteiger partial charge in [-0.2, -0.15) is 0 Å². The number of aromatic nitrogens is 2. The summed E-state index contributed by atoms with van der Waals surface area (Å²) in [5.74, 6) is 0.576. The first-order valence-electron chi connectivity index (χ1n) is 6.05. The lowest BCUT2D eigenvalue weighted by Crippen LogP contribution is -2.32. The van der Waals surface area contributed by atoms with Gasteiger partial charge in [0.05, 0.1) is 12.5 Å². The van der Waals surface area contributed by atoms with Crippen molar-refractivity contribution in [2.75, 3.05) is 6.54 Å². The smallest absolute Gasteiger partial charge is 0.269 e. The maximum absolute atomic E-state index is 11.9. The Kier molecular flexibility index (Phi) is 4.20. The second kappa shape index (κ2) is 5.67. The van der Waals surface area contributed by atoms with Gasteiger partial charge in [-0.3, -0.25) is 4.79 Å². The van der Waals surface area contributed by atoms with E-state index in [1.54, 1.807) is 17.1 Å². The second-order valence-corrected chi connectivity index (χ2v) is 6.02. The van der Waals surface area contributed by atoms with Crippen LogP contribution in [-0.4, -0.2) is 26.8 Å². The molecule has 4 nitrogen and oxygen atoms in total. The molecule has 0 radical (unpaired) electrons. The van der Waals surface area contributed by atoms with E-state index in [0.29, 0.717) is 16.4 Å². The summed E-state index contributed by atoms with van der Waals surface area (Å²) in [5, 5.41) is 3.00. The normalized spacial score (nSPS) is 24.6. The monoisotopic (exact) mass is 299 g/mol. The number of halogens is 1. The molecule has 1 saturated carbocycles. The third-order valence-corrected chi connectivity index (χ3v) is 4.15. The van der Waals surface area contributed by atoms with Gasteiger partial charge in [-0.05, 0) is 25.2 Å². The van der Waals surface area contributed by atoms with Gasteiger partial charge in [-0.1, -0.05) is 22.4 Å². The highest BCUT2D eigenvalue weighted by Crippen LogP contribution is 2.28. The summed E-state index contributed by atoms with van der Waals surface area (Å²) in [6, 6.07) is 0. The summed E-state index contributed by atoms with van der Waals surface area (Å²) in [6.07, 6.45) is 8.13. The Hall–Kier alpha value is -0.840. The number of nitrogens with zero attached hydrogens (tertiary/aromatic N) is 2. The lowest BCUT2D eigenvalue weighted by molar-refractivity contribution is 0.0935. The fourth-order valence-electron chi connectivity index (χ4n) is 2.31. The molecule has 94 valence electrons. The summed E-state index contributed by atoms with van der Waals surface area (Å²) >= 11 is 3.66. The third kappa shape index (κ3) is 3.31. The van der Waals surface area contributed by atoms with E-state index in [0.717, 1.165) is 13.0 Å². The van der Waals surface area contributed by atoms with Crippen molar-refractivity contribution in [1.82, 2.24) is 14.9 Å². The number of nitrogens with one attached hydrogen (secondary N) is 1. The summed E-state index contributed by atoms with van der Waals surface area (Å²) in [7, 11) is 1.83. The van der Waals surface area contributed by atoms with Crippen LogP contribution in [0.1, 0.15) is 36.2 Å². The molecule has 0 saturated heterocycles. The van der Waals surface area contributed by atoms with Crippen molar-refractivity contribution in [3.63, 3.8) is 0 Å². The Labute approximate surface area is 110 Å². The Morgan fingerprint density at radius 2 is 2.47 bits per heavy atom. The van der Waals surface area contributed by atoms with Gasteiger partial charge >= 0.3 is 0 Å². The second-order valence-electron chi connectivity index (χ2n) is 4.73. The number of rotatable bonds is 3. The zero-order valence-electron chi connectivity index (χ0n) is 10.0. The summed E-state index contributed by atoms with van der Waals surface area (Å²) in [5.41, 5.74) is 0.621. The molecule has 1 amide bonds. The Morgan fingerprint density at radius 3 is 3.12 bits per heavy atom. The number of imidazole rings is 1. The van der Waals surface area contributed by atoms with E-state index in [1.807, 2.05) is 7.05 Å². The quantitative estimate of drug-likeness (QED) is 0.869. The predicted molar refractivity (Wildman–Crippen MR) is 70.2 cm³/mol. The molecule has 0 aliphatic heterocycles. The molecule has 0 spiro atoms. The molecule has 1 aliphatic rings. The Bertz CT molecular complexity index is 391. The molecule has 1 heterocycles. The first-order chi connectivity index (χ1) is 8.16. The maximum atomic E-state index is 11.9. The minimum Gasteiger partial charge on any atom is -0.350 e.